The van der Waals surface area contributed by atoms with Crippen molar-refractivity contribution in [1.29, 1.82) is 0 Å². The van der Waals surface area contributed by atoms with E-state index in [2.05, 4.69) is 11.8 Å². The van der Waals surface area contributed by atoms with Crippen LogP contribution in [0.2, 0.25) is 5.02 Å². The van der Waals surface area contributed by atoms with E-state index in [1.165, 1.54) is 12.5 Å². The van der Waals surface area contributed by atoms with E-state index < -0.39 is 4.92 Å². The number of hydrogen-bond acceptors (Lipinski definition) is 3. The number of rotatable bonds is 2. The first-order valence-corrected chi connectivity index (χ1v) is 6.59. The van der Waals surface area contributed by atoms with E-state index >= 15 is 0 Å². The van der Waals surface area contributed by atoms with Gasteiger partial charge < -0.3 is 4.90 Å². The molecule has 0 unspecified atom stereocenters. The molecular weight excluding hydrogens is 252 g/mol. The van der Waals surface area contributed by atoms with Gasteiger partial charge in [0.05, 0.1) is 15.6 Å². The number of benzene rings is 1. The molecule has 1 atom stereocenters. The van der Waals surface area contributed by atoms with Crippen LogP contribution >= 0.6 is 11.6 Å². The Labute approximate surface area is 112 Å². The molecule has 5 heteroatoms. The molecule has 18 heavy (non-hydrogen) atoms. The Balaban J connectivity index is 2.41. The summed E-state index contributed by atoms with van der Waals surface area (Å²) in [4.78, 5) is 12.7. The number of hydrogen-bond donors (Lipinski definition) is 0. The van der Waals surface area contributed by atoms with Gasteiger partial charge in [0, 0.05) is 24.7 Å². The highest BCUT2D eigenvalue weighted by molar-refractivity contribution is 6.33. The number of nitrogens with zero attached hydrogens (tertiary/aromatic N) is 2. The molecule has 1 fully saturated rings. The number of nitro benzene ring substituents is 1. The number of halogens is 1. The largest absolute Gasteiger partial charge is 0.367 e. The number of anilines is 1. The molecule has 1 aromatic carbocycles. The van der Waals surface area contributed by atoms with E-state index in [1.807, 2.05) is 6.92 Å². The van der Waals surface area contributed by atoms with Crippen LogP contribution in [-0.4, -0.2) is 17.5 Å². The molecule has 0 spiro atoms. The van der Waals surface area contributed by atoms with Crippen LogP contribution in [0, 0.1) is 17.0 Å². The van der Waals surface area contributed by atoms with Crippen molar-refractivity contribution in [3.8, 4) is 0 Å². The van der Waals surface area contributed by atoms with Crippen molar-refractivity contribution in [3.63, 3.8) is 0 Å². The summed E-state index contributed by atoms with van der Waals surface area (Å²) in [5.41, 5.74) is 1.89. The summed E-state index contributed by atoms with van der Waals surface area (Å²) in [6.45, 7) is 5.03. The summed E-state index contributed by atoms with van der Waals surface area (Å²) in [5, 5.41) is 11.3. The minimum Gasteiger partial charge on any atom is -0.367 e. The molecule has 1 aliphatic rings. The van der Waals surface area contributed by atoms with Gasteiger partial charge in [-0.25, -0.2) is 0 Å². The minimum absolute atomic E-state index is 0.0610. The third-order valence-electron chi connectivity index (χ3n) is 3.54. The Kier molecular flexibility index (Phi) is 3.76. The fraction of sp³-hybridized carbons (Fsp3) is 0.538. The lowest BCUT2D eigenvalue weighted by Gasteiger charge is -2.36. The Morgan fingerprint density at radius 3 is 2.72 bits per heavy atom. The summed E-state index contributed by atoms with van der Waals surface area (Å²) >= 11 is 6.23. The van der Waals surface area contributed by atoms with E-state index in [1.54, 1.807) is 6.07 Å². The van der Waals surface area contributed by atoms with Crippen molar-refractivity contribution < 1.29 is 4.92 Å². The van der Waals surface area contributed by atoms with Gasteiger partial charge in [-0.1, -0.05) is 11.6 Å². The third kappa shape index (κ3) is 2.43. The predicted octanol–water partition coefficient (Wildman–Crippen LogP) is 3.94. The fourth-order valence-corrected chi connectivity index (χ4v) is 2.99. The average Bonchev–Trinajstić information content (AvgIpc) is 2.30. The lowest BCUT2D eigenvalue weighted by atomic mass is 10.0. The number of piperidine rings is 1. The molecule has 1 heterocycles. The van der Waals surface area contributed by atoms with Crippen molar-refractivity contribution >= 4 is 23.0 Å². The molecule has 0 aliphatic carbocycles. The number of non-ortho nitro benzene ring substituents is 1. The number of nitro groups is 1. The van der Waals surface area contributed by atoms with E-state index in [4.69, 9.17) is 11.6 Å². The molecule has 1 aromatic rings. The fourth-order valence-electron chi connectivity index (χ4n) is 2.62. The Bertz CT molecular complexity index is 453. The molecule has 4 nitrogen and oxygen atoms in total. The highest BCUT2D eigenvalue weighted by Gasteiger charge is 2.24. The summed E-state index contributed by atoms with van der Waals surface area (Å²) < 4.78 is 0. The quantitative estimate of drug-likeness (QED) is 0.603. The van der Waals surface area contributed by atoms with Crippen LogP contribution in [0.4, 0.5) is 11.4 Å². The normalized spacial score (nSPS) is 19.9. The standard InChI is InChI=1S/C13H17ClN2O2/c1-9-7-11(16(17)18)8-12(14)13(9)15-6-4-3-5-10(15)2/h7-8,10H,3-6H2,1-2H3/t10-/m0/s1. The maximum absolute atomic E-state index is 10.8. The topological polar surface area (TPSA) is 46.4 Å². The molecule has 0 saturated carbocycles. The highest BCUT2D eigenvalue weighted by Crippen LogP contribution is 2.36. The van der Waals surface area contributed by atoms with E-state index in [-0.39, 0.29) is 5.69 Å². The predicted molar refractivity (Wildman–Crippen MR) is 73.5 cm³/mol. The molecule has 1 aliphatic heterocycles. The zero-order chi connectivity index (χ0) is 13.3. The van der Waals surface area contributed by atoms with Gasteiger partial charge in [-0.15, -0.1) is 0 Å². The van der Waals surface area contributed by atoms with Crippen LogP contribution in [0.15, 0.2) is 12.1 Å². The molecule has 0 bridgehead atoms. The zero-order valence-electron chi connectivity index (χ0n) is 10.6. The van der Waals surface area contributed by atoms with Gasteiger partial charge in [0.1, 0.15) is 0 Å². The third-order valence-corrected chi connectivity index (χ3v) is 3.83. The van der Waals surface area contributed by atoms with Gasteiger partial charge in [-0.3, -0.25) is 10.1 Å². The first-order chi connectivity index (χ1) is 8.50. The molecule has 0 N–H and O–H groups in total. The zero-order valence-corrected chi connectivity index (χ0v) is 11.4. The second kappa shape index (κ2) is 5.14. The van der Waals surface area contributed by atoms with Crippen LogP contribution < -0.4 is 4.90 Å². The second-order valence-corrected chi connectivity index (χ2v) is 5.30. The second-order valence-electron chi connectivity index (χ2n) is 4.89. The van der Waals surface area contributed by atoms with Gasteiger partial charge in [-0.2, -0.15) is 0 Å². The highest BCUT2D eigenvalue weighted by atomic mass is 35.5. The van der Waals surface area contributed by atoms with E-state index in [0.29, 0.717) is 11.1 Å². The van der Waals surface area contributed by atoms with Crippen molar-refractivity contribution in [1.82, 2.24) is 0 Å². The lowest BCUT2D eigenvalue weighted by Crippen LogP contribution is -2.38. The van der Waals surface area contributed by atoms with Crippen LogP contribution in [0.25, 0.3) is 0 Å². The van der Waals surface area contributed by atoms with Gasteiger partial charge in [-0.05, 0) is 38.7 Å². The summed E-state index contributed by atoms with van der Waals surface area (Å²) in [7, 11) is 0. The average molecular weight is 269 g/mol. The molecule has 0 aromatic heterocycles. The lowest BCUT2D eigenvalue weighted by molar-refractivity contribution is -0.384. The Morgan fingerprint density at radius 2 is 2.17 bits per heavy atom. The van der Waals surface area contributed by atoms with Crippen molar-refractivity contribution in [2.45, 2.75) is 39.2 Å². The molecule has 2 rings (SSSR count). The van der Waals surface area contributed by atoms with Crippen molar-refractivity contribution in [2.75, 3.05) is 11.4 Å². The first kappa shape index (κ1) is 13.1. The smallest absolute Gasteiger partial charge is 0.271 e. The van der Waals surface area contributed by atoms with Gasteiger partial charge >= 0.3 is 0 Å². The maximum atomic E-state index is 10.8. The van der Waals surface area contributed by atoms with Crippen LogP contribution in [-0.2, 0) is 0 Å². The van der Waals surface area contributed by atoms with Crippen molar-refractivity contribution in [2.24, 2.45) is 0 Å². The molecule has 98 valence electrons. The van der Waals surface area contributed by atoms with Gasteiger partial charge in [0.25, 0.3) is 5.69 Å². The number of aryl methyl sites for hydroxylation is 1. The van der Waals surface area contributed by atoms with Gasteiger partial charge in [0.15, 0.2) is 0 Å². The van der Waals surface area contributed by atoms with E-state index in [9.17, 15) is 10.1 Å². The van der Waals surface area contributed by atoms with Crippen LogP contribution in [0.3, 0.4) is 0 Å². The van der Waals surface area contributed by atoms with Crippen LogP contribution in [0.1, 0.15) is 31.7 Å². The summed E-state index contributed by atoms with van der Waals surface area (Å²) in [6, 6.07) is 3.49. The monoisotopic (exact) mass is 268 g/mol. The maximum Gasteiger partial charge on any atom is 0.271 e. The Morgan fingerprint density at radius 1 is 1.44 bits per heavy atom. The molecule has 0 amide bonds. The van der Waals surface area contributed by atoms with E-state index in [0.717, 1.165) is 30.6 Å². The first-order valence-electron chi connectivity index (χ1n) is 6.22. The Hall–Kier alpha value is -1.29. The SMILES string of the molecule is Cc1cc([N+](=O)[O-])cc(Cl)c1N1CCCC[C@@H]1C. The summed E-state index contributed by atoms with van der Waals surface area (Å²) in [6.07, 6.45) is 3.53. The minimum atomic E-state index is -0.401. The summed E-state index contributed by atoms with van der Waals surface area (Å²) in [5.74, 6) is 0. The molecular formula is C13H17ClN2O2. The van der Waals surface area contributed by atoms with Gasteiger partial charge in [0.2, 0.25) is 0 Å². The van der Waals surface area contributed by atoms with Crippen LogP contribution in [0.5, 0.6) is 0 Å². The molecule has 1 saturated heterocycles. The molecule has 0 radical (unpaired) electrons. The van der Waals surface area contributed by atoms with Crippen molar-refractivity contribution in [3.05, 3.63) is 32.8 Å².